The molecule has 21 heavy (non-hydrogen) atoms. The van der Waals surface area contributed by atoms with E-state index in [1.165, 1.54) is 11.1 Å². The third-order valence-corrected chi connectivity index (χ3v) is 4.93. The van der Waals surface area contributed by atoms with Gasteiger partial charge in [0.15, 0.2) is 4.96 Å². The topological polar surface area (TPSA) is 37.6 Å². The molecule has 0 fully saturated rings. The van der Waals surface area contributed by atoms with Gasteiger partial charge in [-0.3, -0.25) is 9.20 Å². The third kappa shape index (κ3) is 1.81. The fourth-order valence-corrected chi connectivity index (χ4v) is 4.06. The molecule has 1 unspecified atom stereocenters. The van der Waals surface area contributed by atoms with Crippen LogP contribution in [-0.4, -0.2) is 21.3 Å². The van der Waals surface area contributed by atoms with E-state index in [0.29, 0.717) is 0 Å². The van der Waals surface area contributed by atoms with Crippen LogP contribution in [0.15, 0.2) is 36.0 Å². The zero-order chi connectivity index (χ0) is 14.6. The molecule has 106 valence electrons. The number of hydrogen-bond donors (Lipinski definition) is 0. The van der Waals surface area contributed by atoms with Gasteiger partial charge < -0.3 is 4.90 Å². The predicted octanol–water partition coefficient (Wildman–Crippen LogP) is 3.36. The Labute approximate surface area is 126 Å². The zero-order valence-electron chi connectivity index (χ0n) is 11.9. The van der Waals surface area contributed by atoms with E-state index >= 15 is 0 Å². The Morgan fingerprint density at radius 3 is 3.10 bits per heavy atom. The maximum Gasteiger partial charge on any atom is 0.224 e. The molecule has 1 aliphatic heterocycles. The first-order valence-corrected chi connectivity index (χ1v) is 7.87. The van der Waals surface area contributed by atoms with Crippen LogP contribution in [0.5, 0.6) is 0 Å². The molecular formula is C16H15N3OS. The minimum atomic E-state index is 0.113. The molecule has 1 aromatic carbocycles. The van der Waals surface area contributed by atoms with Crippen LogP contribution in [0, 0.1) is 0 Å². The van der Waals surface area contributed by atoms with Crippen molar-refractivity contribution in [3.05, 3.63) is 41.5 Å². The molecule has 0 radical (unpaired) electrons. The molecule has 0 spiro atoms. The van der Waals surface area contributed by atoms with Gasteiger partial charge >= 0.3 is 0 Å². The maximum atomic E-state index is 11.8. The lowest BCUT2D eigenvalue weighted by Gasteiger charge is -2.20. The van der Waals surface area contributed by atoms with Crippen LogP contribution in [-0.2, 0) is 11.2 Å². The molecular weight excluding hydrogens is 282 g/mol. The monoisotopic (exact) mass is 297 g/mol. The molecule has 0 saturated heterocycles. The van der Waals surface area contributed by atoms with Gasteiger partial charge in [-0.15, -0.1) is 11.3 Å². The summed E-state index contributed by atoms with van der Waals surface area (Å²) in [5.74, 6) is 0.113. The Balaban J connectivity index is 1.83. The number of fused-ring (bicyclic) bond motifs is 2. The Hall–Kier alpha value is -2.14. The Bertz CT molecular complexity index is 848. The molecule has 1 aliphatic rings. The second kappa shape index (κ2) is 4.43. The number of anilines is 1. The van der Waals surface area contributed by atoms with Gasteiger partial charge in [-0.05, 0) is 36.6 Å². The van der Waals surface area contributed by atoms with Crippen molar-refractivity contribution >= 4 is 27.9 Å². The standard InChI is InChI=1S/C16H15N3OS/c1-10-7-13-8-12(3-4-14(13)19(10)11(2)20)15-9-21-16-17-5-6-18(15)16/h3-6,8-10H,7H2,1-2H3. The zero-order valence-corrected chi connectivity index (χ0v) is 12.7. The van der Waals surface area contributed by atoms with E-state index in [1.807, 2.05) is 17.3 Å². The molecule has 0 N–H and O–H groups in total. The predicted molar refractivity (Wildman–Crippen MR) is 84.8 cm³/mol. The number of thiazole rings is 1. The minimum Gasteiger partial charge on any atom is -0.309 e. The lowest BCUT2D eigenvalue weighted by Crippen LogP contribution is -2.33. The van der Waals surface area contributed by atoms with E-state index in [9.17, 15) is 4.79 Å². The molecule has 1 amide bonds. The summed E-state index contributed by atoms with van der Waals surface area (Å²) in [5.41, 5.74) is 4.63. The fourth-order valence-electron chi connectivity index (χ4n) is 3.20. The number of hydrogen-bond acceptors (Lipinski definition) is 3. The Kier molecular flexibility index (Phi) is 2.65. The third-order valence-electron chi connectivity index (χ3n) is 4.07. The first kappa shape index (κ1) is 12.6. The number of aromatic nitrogens is 2. The largest absolute Gasteiger partial charge is 0.309 e. The Morgan fingerprint density at radius 2 is 2.29 bits per heavy atom. The van der Waals surface area contributed by atoms with Gasteiger partial charge in [0.1, 0.15) is 0 Å². The molecule has 3 aromatic rings. The van der Waals surface area contributed by atoms with E-state index in [2.05, 4.69) is 39.9 Å². The SMILES string of the molecule is CC(=O)N1c2ccc(-c3csc4nccn34)cc2CC1C. The van der Waals surface area contributed by atoms with Crippen molar-refractivity contribution in [2.24, 2.45) is 0 Å². The van der Waals surface area contributed by atoms with Crippen molar-refractivity contribution < 1.29 is 4.79 Å². The first-order valence-electron chi connectivity index (χ1n) is 6.99. The summed E-state index contributed by atoms with van der Waals surface area (Å²) in [6.07, 6.45) is 4.72. The van der Waals surface area contributed by atoms with Crippen molar-refractivity contribution in [1.29, 1.82) is 0 Å². The van der Waals surface area contributed by atoms with Gasteiger partial charge in [0.25, 0.3) is 0 Å². The van der Waals surface area contributed by atoms with Crippen LogP contribution >= 0.6 is 11.3 Å². The van der Waals surface area contributed by atoms with Gasteiger partial charge in [0.2, 0.25) is 5.91 Å². The lowest BCUT2D eigenvalue weighted by atomic mass is 10.1. The molecule has 0 aliphatic carbocycles. The van der Waals surface area contributed by atoms with Gasteiger partial charge in [-0.25, -0.2) is 4.98 Å². The van der Waals surface area contributed by atoms with Crippen LogP contribution in [0.2, 0.25) is 0 Å². The second-order valence-electron chi connectivity index (χ2n) is 5.49. The minimum absolute atomic E-state index is 0.113. The molecule has 0 saturated carbocycles. The summed E-state index contributed by atoms with van der Waals surface area (Å²) in [4.78, 5) is 19.0. The van der Waals surface area contributed by atoms with Crippen molar-refractivity contribution in [1.82, 2.24) is 9.38 Å². The number of amides is 1. The normalized spacial score (nSPS) is 17.4. The molecule has 1 atom stereocenters. The number of nitrogens with zero attached hydrogens (tertiary/aromatic N) is 3. The lowest BCUT2D eigenvalue weighted by molar-refractivity contribution is -0.116. The summed E-state index contributed by atoms with van der Waals surface area (Å²) in [5, 5.41) is 2.13. The van der Waals surface area contributed by atoms with Crippen molar-refractivity contribution in [2.45, 2.75) is 26.3 Å². The van der Waals surface area contributed by atoms with E-state index in [-0.39, 0.29) is 11.9 Å². The highest BCUT2D eigenvalue weighted by Crippen LogP contribution is 2.36. The van der Waals surface area contributed by atoms with Gasteiger partial charge in [0.05, 0.1) is 5.69 Å². The summed E-state index contributed by atoms with van der Waals surface area (Å²) in [6, 6.07) is 6.60. The highest BCUT2D eigenvalue weighted by Gasteiger charge is 2.29. The molecule has 3 heterocycles. The van der Waals surface area contributed by atoms with Crippen molar-refractivity contribution in [3.63, 3.8) is 0 Å². The van der Waals surface area contributed by atoms with Crippen molar-refractivity contribution in [3.8, 4) is 11.3 Å². The number of rotatable bonds is 1. The van der Waals surface area contributed by atoms with E-state index in [1.54, 1.807) is 18.3 Å². The van der Waals surface area contributed by atoms with Crippen LogP contribution in [0.4, 0.5) is 5.69 Å². The average Bonchev–Trinajstić information content (AvgIpc) is 3.08. The van der Waals surface area contributed by atoms with Gasteiger partial charge in [-0.2, -0.15) is 0 Å². The highest BCUT2D eigenvalue weighted by molar-refractivity contribution is 7.15. The molecule has 0 bridgehead atoms. The van der Waals surface area contributed by atoms with Gasteiger partial charge in [-0.1, -0.05) is 6.07 Å². The molecule has 4 rings (SSSR count). The molecule has 2 aromatic heterocycles. The van der Waals surface area contributed by atoms with E-state index < -0.39 is 0 Å². The van der Waals surface area contributed by atoms with Crippen LogP contribution in [0.1, 0.15) is 19.4 Å². The molecule has 4 nitrogen and oxygen atoms in total. The quantitative estimate of drug-likeness (QED) is 0.690. The van der Waals surface area contributed by atoms with Crippen molar-refractivity contribution in [2.75, 3.05) is 4.90 Å². The van der Waals surface area contributed by atoms with E-state index in [0.717, 1.165) is 22.8 Å². The van der Waals surface area contributed by atoms with Crippen LogP contribution in [0.3, 0.4) is 0 Å². The highest BCUT2D eigenvalue weighted by atomic mass is 32.1. The van der Waals surface area contributed by atoms with Crippen LogP contribution in [0.25, 0.3) is 16.2 Å². The smallest absolute Gasteiger partial charge is 0.224 e. The number of benzene rings is 1. The van der Waals surface area contributed by atoms with E-state index in [4.69, 9.17) is 0 Å². The number of carbonyl (C=O) groups excluding carboxylic acids is 1. The second-order valence-corrected chi connectivity index (χ2v) is 6.32. The summed E-state index contributed by atoms with van der Waals surface area (Å²) in [6.45, 7) is 3.73. The number of imidazole rings is 1. The summed E-state index contributed by atoms with van der Waals surface area (Å²) < 4.78 is 2.10. The summed E-state index contributed by atoms with van der Waals surface area (Å²) in [7, 11) is 0. The summed E-state index contributed by atoms with van der Waals surface area (Å²) >= 11 is 1.64. The molecule has 5 heteroatoms. The average molecular weight is 297 g/mol. The number of carbonyl (C=O) groups is 1. The fraction of sp³-hybridized carbons (Fsp3) is 0.250. The Morgan fingerprint density at radius 1 is 1.43 bits per heavy atom. The van der Waals surface area contributed by atoms with Gasteiger partial charge in [0, 0.05) is 36.4 Å². The van der Waals surface area contributed by atoms with Crippen LogP contribution < -0.4 is 4.90 Å². The first-order chi connectivity index (χ1) is 10.1. The maximum absolute atomic E-state index is 11.8.